The minimum absolute atomic E-state index is 0.217. The summed E-state index contributed by atoms with van der Waals surface area (Å²) in [5.74, 6) is -0.659. The number of esters is 1. The second-order valence-electron chi connectivity index (χ2n) is 6.59. The molecule has 0 aliphatic rings. The molecule has 0 saturated heterocycles. The van der Waals surface area contributed by atoms with Crippen molar-refractivity contribution >= 4 is 40.8 Å². The van der Waals surface area contributed by atoms with Gasteiger partial charge >= 0.3 is 5.97 Å². The van der Waals surface area contributed by atoms with Gasteiger partial charge in [0.05, 0.1) is 22.9 Å². The zero-order valence-electron chi connectivity index (χ0n) is 17.3. The molecule has 2 N–H and O–H groups in total. The summed E-state index contributed by atoms with van der Waals surface area (Å²) < 4.78 is 10.4. The highest BCUT2D eigenvalue weighted by atomic mass is 35.5. The summed E-state index contributed by atoms with van der Waals surface area (Å²) >= 11 is 6.05. The molecule has 0 aliphatic carbocycles. The molecule has 0 unspecified atom stereocenters. The van der Waals surface area contributed by atoms with Gasteiger partial charge in [0.25, 0.3) is 11.8 Å². The minimum Gasteiger partial charge on any atom is -0.484 e. The van der Waals surface area contributed by atoms with E-state index in [1.807, 2.05) is 0 Å². The molecule has 3 aromatic carbocycles. The quantitative estimate of drug-likeness (QED) is 0.479. The number of halogens is 1. The molecule has 164 valence electrons. The van der Waals surface area contributed by atoms with Crippen LogP contribution in [0.25, 0.3) is 0 Å². The van der Waals surface area contributed by atoms with Crippen LogP contribution < -0.4 is 15.4 Å². The van der Waals surface area contributed by atoms with Crippen LogP contribution in [0.15, 0.2) is 72.8 Å². The topological polar surface area (TPSA) is 93.7 Å². The third kappa shape index (κ3) is 6.33. The van der Waals surface area contributed by atoms with Crippen LogP contribution in [0.2, 0.25) is 5.02 Å². The van der Waals surface area contributed by atoms with E-state index in [4.69, 9.17) is 21.1 Å². The van der Waals surface area contributed by atoms with Crippen LogP contribution >= 0.6 is 11.6 Å². The molecular formula is C24H21ClN2O5. The number of hydrogen-bond donors (Lipinski definition) is 2. The predicted molar refractivity (Wildman–Crippen MR) is 122 cm³/mol. The van der Waals surface area contributed by atoms with Gasteiger partial charge in [0, 0.05) is 11.3 Å². The number of para-hydroxylation sites is 1. The maximum absolute atomic E-state index is 12.3. The van der Waals surface area contributed by atoms with E-state index in [2.05, 4.69) is 10.6 Å². The third-order valence-electron chi connectivity index (χ3n) is 4.29. The van der Waals surface area contributed by atoms with E-state index in [0.717, 1.165) is 0 Å². The molecule has 0 bridgehead atoms. The summed E-state index contributed by atoms with van der Waals surface area (Å²) in [7, 11) is 0. The average molecular weight is 453 g/mol. The summed E-state index contributed by atoms with van der Waals surface area (Å²) in [6.45, 7) is 1.81. The Morgan fingerprint density at radius 3 is 2.16 bits per heavy atom. The lowest BCUT2D eigenvalue weighted by molar-refractivity contribution is -0.118. The number of nitrogens with one attached hydrogen (secondary N) is 2. The second kappa shape index (κ2) is 11.0. The van der Waals surface area contributed by atoms with Crippen molar-refractivity contribution in [3.63, 3.8) is 0 Å². The number of carbonyl (C=O) groups excluding carboxylic acids is 3. The number of benzene rings is 3. The monoisotopic (exact) mass is 452 g/mol. The molecule has 3 aromatic rings. The molecule has 8 heteroatoms. The first kappa shape index (κ1) is 22.8. The van der Waals surface area contributed by atoms with E-state index in [-0.39, 0.29) is 18.4 Å². The van der Waals surface area contributed by atoms with Crippen molar-refractivity contribution in [1.82, 2.24) is 0 Å². The second-order valence-corrected chi connectivity index (χ2v) is 7.00. The lowest BCUT2D eigenvalue weighted by Gasteiger charge is -2.10. The number of carbonyl (C=O) groups is 3. The Balaban J connectivity index is 1.49. The number of rotatable bonds is 8. The molecule has 32 heavy (non-hydrogen) atoms. The number of hydrogen-bond acceptors (Lipinski definition) is 5. The summed E-state index contributed by atoms with van der Waals surface area (Å²) in [5.41, 5.74) is 1.87. The maximum atomic E-state index is 12.3. The largest absolute Gasteiger partial charge is 0.484 e. The molecule has 0 fully saturated rings. The molecule has 0 aromatic heterocycles. The van der Waals surface area contributed by atoms with Crippen molar-refractivity contribution < 1.29 is 23.9 Å². The normalized spacial score (nSPS) is 10.2. The van der Waals surface area contributed by atoms with E-state index in [1.54, 1.807) is 79.7 Å². The number of amides is 2. The minimum atomic E-state index is -0.419. The lowest BCUT2D eigenvalue weighted by Crippen LogP contribution is -2.20. The van der Waals surface area contributed by atoms with Crippen molar-refractivity contribution in [3.05, 3.63) is 88.9 Å². The van der Waals surface area contributed by atoms with Crippen molar-refractivity contribution in [2.45, 2.75) is 6.92 Å². The van der Waals surface area contributed by atoms with E-state index in [0.29, 0.717) is 39.9 Å². The molecule has 0 saturated carbocycles. The molecule has 0 heterocycles. The average Bonchev–Trinajstić information content (AvgIpc) is 2.80. The van der Waals surface area contributed by atoms with E-state index in [9.17, 15) is 14.4 Å². The van der Waals surface area contributed by atoms with E-state index >= 15 is 0 Å². The fourth-order valence-electron chi connectivity index (χ4n) is 2.71. The fourth-order valence-corrected chi connectivity index (χ4v) is 2.89. The van der Waals surface area contributed by atoms with Gasteiger partial charge in [0.2, 0.25) is 0 Å². The highest BCUT2D eigenvalue weighted by molar-refractivity contribution is 6.33. The molecule has 2 amide bonds. The molecular weight excluding hydrogens is 432 g/mol. The van der Waals surface area contributed by atoms with Crippen molar-refractivity contribution in [2.75, 3.05) is 23.8 Å². The molecule has 0 spiro atoms. The summed E-state index contributed by atoms with van der Waals surface area (Å²) in [5, 5.41) is 5.86. The van der Waals surface area contributed by atoms with Gasteiger partial charge in [-0.25, -0.2) is 4.79 Å². The number of ether oxygens (including phenoxy) is 2. The third-order valence-corrected chi connectivity index (χ3v) is 4.62. The molecule has 0 aliphatic heterocycles. The van der Waals surface area contributed by atoms with Crippen LogP contribution in [0.5, 0.6) is 5.75 Å². The zero-order valence-corrected chi connectivity index (χ0v) is 18.0. The number of anilines is 2. The molecule has 7 nitrogen and oxygen atoms in total. The first-order valence-electron chi connectivity index (χ1n) is 9.82. The predicted octanol–water partition coefficient (Wildman–Crippen LogP) is 4.79. The molecule has 3 rings (SSSR count). The Labute approximate surface area is 190 Å². The van der Waals surface area contributed by atoms with Crippen molar-refractivity contribution in [2.24, 2.45) is 0 Å². The van der Waals surface area contributed by atoms with Crippen LogP contribution in [0.3, 0.4) is 0 Å². The van der Waals surface area contributed by atoms with E-state index < -0.39 is 5.97 Å². The highest BCUT2D eigenvalue weighted by Crippen LogP contribution is 2.21. The van der Waals surface area contributed by atoms with E-state index in [1.165, 1.54) is 0 Å². The van der Waals surface area contributed by atoms with Crippen LogP contribution in [-0.4, -0.2) is 31.0 Å². The summed E-state index contributed by atoms with van der Waals surface area (Å²) in [4.78, 5) is 36.1. The fraction of sp³-hybridized carbons (Fsp3) is 0.125. The van der Waals surface area contributed by atoms with Gasteiger partial charge in [-0.1, -0.05) is 23.7 Å². The SMILES string of the molecule is CCOC(=O)c1ccc(NC(=O)COc2ccc(C(=O)Nc3ccccc3Cl)cc2)cc1. The Bertz CT molecular complexity index is 1100. The Morgan fingerprint density at radius 1 is 0.844 bits per heavy atom. The van der Waals surface area contributed by atoms with Crippen LogP contribution in [-0.2, 0) is 9.53 Å². The standard InChI is InChI=1S/C24H21ClN2O5/c1-2-31-24(30)17-7-11-18(12-8-17)26-22(28)15-32-19-13-9-16(10-14-19)23(29)27-21-6-4-3-5-20(21)25/h3-14H,2,15H2,1H3,(H,26,28)(H,27,29). The molecule has 0 radical (unpaired) electrons. The van der Waals surface area contributed by atoms with Gasteiger partial charge in [-0.3, -0.25) is 9.59 Å². The zero-order chi connectivity index (χ0) is 22.9. The van der Waals surface area contributed by atoms with Gasteiger partial charge in [0.1, 0.15) is 5.75 Å². The van der Waals surface area contributed by atoms with Gasteiger partial charge in [-0.05, 0) is 67.6 Å². The van der Waals surface area contributed by atoms with Crippen molar-refractivity contribution in [3.8, 4) is 5.75 Å². The van der Waals surface area contributed by atoms with Gasteiger partial charge in [-0.2, -0.15) is 0 Å². The Kier molecular flexibility index (Phi) is 7.83. The van der Waals surface area contributed by atoms with Crippen LogP contribution in [0.4, 0.5) is 11.4 Å². The lowest BCUT2D eigenvalue weighted by atomic mass is 10.2. The smallest absolute Gasteiger partial charge is 0.338 e. The van der Waals surface area contributed by atoms with Gasteiger partial charge in [0.15, 0.2) is 6.61 Å². The van der Waals surface area contributed by atoms with Crippen LogP contribution in [0.1, 0.15) is 27.6 Å². The maximum Gasteiger partial charge on any atom is 0.338 e. The van der Waals surface area contributed by atoms with Crippen molar-refractivity contribution in [1.29, 1.82) is 0 Å². The Morgan fingerprint density at radius 2 is 1.50 bits per heavy atom. The summed E-state index contributed by atoms with van der Waals surface area (Å²) in [6, 6.07) is 19.7. The Hall–Kier alpha value is -3.84. The van der Waals surface area contributed by atoms with Gasteiger partial charge in [-0.15, -0.1) is 0 Å². The highest BCUT2D eigenvalue weighted by Gasteiger charge is 2.10. The molecule has 0 atom stereocenters. The van der Waals surface area contributed by atoms with Crippen LogP contribution in [0, 0.1) is 0 Å². The van der Waals surface area contributed by atoms with Gasteiger partial charge < -0.3 is 20.1 Å². The first-order valence-corrected chi connectivity index (χ1v) is 10.2. The first-order chi connectivity index (χ1) is 15.5. The summed E-state index contributed by atoms with van der Waals surface area (Å²) in [6.07, 6.45) is 0.